The van der Waals surface area contributed by atoms with Crippen LogP contribution < -0.4 is 15.4 Å². The number of aryl methyl sites for hydroxylation is 1. The highest BCUT2D eigenvalue weighted by molar-refractivity contribution is 6.07. The molecule has 3 aliphatic heterocycles. The molecule has 8 rings (SSSR count). The van der Waals surface area contributed by atoms with E-state index in [1.165, 1.54) is 11.0 Å². The van der Waals surface area contributed by atoms with Crippen molar-refractivity contribution in [1.82, 2.24) is 29.9 Å². The molecule has 15 heteroatoms. The highest BCUT2D eigenvalue weighted by Gasteiger charge is 2.41. The average Bonchev–Trinajstić information content (AvgIpc) is 3.97. The molecule has 1 aromatic heterocycles. The molecule has 0 saturated carbocycles. The number of hydrogen-bond acceptors (Lipinski definition) is 10. The molecule has 4 aromatic carbocycles. The molecular formula is C44H43N7O8. The van der Waals surface area contributed by atoms with E-state index in [0.29, 0.717) is 82.5 Å². The van der Waals surface area contributed by atoms with Gasteiger partial charge in [0.25, 0.3) is 11.8 Å². The highest BCUT2D eigenvalue weighted by atomic mass is 16.5. The van der Waals surface area contributed by atoms with Crippen molar-refractivity contribution in [1.29, 1.82) is 0 Å². The number of imide groups is 1. The van der Waals surface area contributed by atoms with Crippen molar-refractivity contribution < 1.29 is 38.9 Å². The number of hydrogen-bond donors (Lipinski definition) is 4. The summed E-state index contributed by atoms with van der Waals surface area (Å²) in [4.78, 5) is 68.0. The third-order valence-corrected chi connectivity index (χ3v) is 11.1. The number of carbonyl (C=O) groups is 5. The molecule has 2 saturated heterocycles. The van der Waals surface area contributed by atoms with Crippen molar-refractivity contribution in [2.45, 2.75) is 77.4 Å². The Morgan fingerprint density at radius 2 is 1.64 bits per heavy atom. The number of aromatic nitrogens is 3. The van der Waals surface area contributed by atoms with Gasteiger partial charge in [-0.15, -0.1) is 10.2 Å². The number of benzene rings is 4. The van der Waals surface area contributed by atoms with Gasteiger partial charge in [0.05, 0.1) is 5.56 Å². The second-order valence-corrected chi connectivity index (χ2v) is 15.2. The molecule has 5 aromatic rings. The lowest BCUT2D eigenvalue weighted by atomic mass is 9.98. The van der Waals surface area contributed by atoms with Crippen LogP contribution in [-0.2, 0) is 27.3 Å². The lowest BCUT2D eigenvalue weighted by Crippen LogP contribution is -2.52. The smallest absolute Gasteiger partial charge is 0.255 e. The zero-order valence-electron chi connectivity index (χ0n) is 32.8. The number of nitrogens with one attached hydrogen (secondary N) is 2. The van der Waals surface area contributed by atoms with Crippen LogP contribution in [0, 0.1) is 0 Å². The molecule has 3 aliphatic rings. The van der Waals surface area contributed by atoms with Gasteiger partial charge in [0.2, 0.25) is 17.7 Å². The molecule has 0 bridgehead atoms. The minimum atomic E-state index is -0.779. The number of fused-ring (bicyclic) bond motifs is 1. The van der Waals surface area contributed by atoms with Crippen molar-refractivity contribution in [2.75, 3.05) is 11.9 Å². The van der Waals surface area contributed by atoms with E-state index >= 15 is 0 Å². The Hall–Kier alpha value is -7.03. The van der Waals surface area contributed by atoms with Gasteiger partial charge in [0, 0.05) is 60.1 Å². The van der Waals surface area contributed by atoms with Gasteiger partial charge in [0.1, 0.15) is 40.9 Å². The third kappa shape index (κ3) is 7.35. The first-order valence-electron chi connectivity index (χ1n) is 19.7. The van der Waals surface area contributed by atoms with Crippen LogP contribution in [0.1, 0.15) is 90.0 Å². The first-order valence-corrected chi connectivity index (χ1v) is 19.7. The minimum absolute atomic E-state index is 0.0143. The predicted octanol–water partition coefficient (Wildman–Crippen LogP) is 5.83. The maximum Gasteiger partial charge on any atom is 0.255 e. The number of carbonyl (C=O) groups excluding carboxylic acids is 5. The zero-order valence-corrected chi connectivity index (χ0v) is 32.8. The number of phenolic OH excluding ortho intramolecular Hbond substituents is 2. The van der Waals surface area contributed by atoms with Crippen LogP contribution in [0.4, 0.5) is 5.69 Å². The predicted molar refractivity (Wildman–Crippen MR) is 215 cm³/mol. The van der Waals surface area contributed by atoms with Crippen molar-refractivity contribution in [3.63, 3.8) is 0 Å². The van der Waals surface area contributed by atoms with Crippen LogP contribution in [0.25, 0.3) is 17.1 Å². The van der Waals surface area contributed by atoms with Crippen LogP contribution >= 0.6 is 0 Å². The van der Waals surface area contributed by atoms with E-state index < -0.39 is 18.0 Å². The molecule has 15 nitrogen and oxygen atoms in total. The summed E-state index contributed by atoms with van der Waals surface area (Å²) < 4.78 is 7.98. The Morgan fingerprint density at radius 3 is 2.34 bits per heavy atom. The lowest BCUT2D eigenvalue weighted by molar-refractivity contribution is -0.137. The normalized spacial score (nSPS) is 17.7. The Balaban J connectivity index is 0.929. The average molecular weight is 798 g/mol. The van der Waals surface area contributed by atoms with E-state index in [4.69, 9.17) is 4.74 Å². The summed E-state index contributed by atoms with van der Waals surface area (Å²) in [7, 11) is 0. The maximum atomic E-state index is 13.8. The number of rotatable bonds is 10. The van der Waals surface area contributed by atoms with Gasteiger partial charge in [-0.2, -0.15) is 0 Å². The van der Waals surface area contributed by atoms with Crippen molar-refractivity contribution in [3.05, 3.63) is 107 Å². The van der Waals surface area contributed by atoms with Crippen LogP contribution in [-0.4, -0.2) is 82.9 Å². The number of phenols is 2. The summed E-state index contributed by atoms with van der Waals surface area (Å²) in [5, 5.41) is 35.2. The second kappa shape index (κ2) is 15.7. The molecule has 0 aliphatic carbocycles. The first-order chi connectivity index (χ1) is 28.4. The molecule has 0 spiro atoms. The van der Waals surface area contributed by atoms with Crippen molar-refractivity contribution in [2.24, 2.45) is 0 Å². The van der Waals surface area contributed by atoms with Crippen molar-refractivity contribution in [3.8, 4) is 40.1 Å². The fourth-order valence-corrected chi connectivity index (χ4v) is 8.06. The topological polar surface area (TPSA) is 196 Å². The largest absolute Gasteiger partial charge is 0.508 e. The zero-order chi connectivity index (χ0) is 41.5. The SMILES string of the molecule is CCc1nnc(-c2cc(C(C)C)c(O)cc2O)n1-c1ccc(Oc2ccc(C(=O)N3CCC[C@H]3C(=O)Nc3cccc4c3CN(C3CCC(=O)NC3=O)C4=O)cc2)cc1. The second-order valence-electron chi connectivity index (χ2n) is 15.2. The molecule has 59 heavy (non-hydrogen) atoms. The monoisotopic (exact) mass is 797 g/mol. The van der Waals surface area contributed by atoms with Crippen molar-refractivity contribution >= 4 is 35.2 Å². The number of nitrogens with zero attached hydrogens (tertiary/aromatic N) is 5. The summed E-state index contributed by atoms with van der Waals surface area (Å²) in [6.45, 7) is 6.39. The minimum Gasteiger partial charge on any atom is -0.508 e. The van der Waals surface area contributed by atoms with Crippen LogP contribution in [0.3, 0.4) is 0 Å². The first kappa shape index (κ1) is 38.8. The third-order valence-electron chi connectivity index (χ3n) is 11.1. The summed E-state index contributed by atoms with van der Waals surface area (Å²) >= 11 is 0. The summed E-state index contributed by atoms with van der Waals surface area (Å²) in [5.41, 5.74) is 3.68. The van der Waals surface area contributed by atoms with Gasteiger partial charge in [-0.25, -0.2) is 0 Å². The van der Waals surface area contributed by atoms with E-state index in [-0.39, 0.29) is 60.4 Å². The fourth-order valence-electron chi connectivity index (χ4n) is 8.06. The molecule has 4 heterocycles. The summed E-state index contributed by atoms with van der Waals surface area (Å²) in [6, 6.07) is 20.6. The van der Waals surface area contributed by atoms with E-state index in [1.807, 2.05) is 37.5 Å². The standard InChI is InChI=1S/C44H43N7O8/c1-4-38-47-48-40(31-21-30(24(2)3)36(52)22-37(31)53)51(38)26-12-16-28(17-13-26)59-27-14-10-25(11-15-27)43(57)49-20-6-9-34(49)41(55)45-33-8-5-7-29-32(33)23-50(44(29)58)35-18-19-39(54)46-42(35)56/h5,7-8,10-17,21-22,24,34-35,52-53H,4,6,9,18-20,23H2,1-3H3,(H,45,55)(H,46,54,56)/t34-,35?/m0/s1. The van der Waals surface area contributed by atoms with Gasteiger partial charge in [-0.05, 0) is 97.5 Å². The number of piperidine rings is 1. The van der Waals surface area contributed by atoms with Crippen LogP contribution in [0.15, 0.2) is 78.9 Å². The molecule has 5 amide bonds. The highest BCUT2D eigenvalue weighted by Crippen LogP contribution is 2.39. The molecule has 1 unspecified atom stereocenters. The number of anilines is 1. The summed E-state index contributed by atoms with van der Waals surface area (Å²) in [5.74, 6) is 0.196. The van der Waals surface area contributed by atoms with E-state index in [2.05, 4.69) is 20.8 Å². The van der Waals surface area contributed by atoms with E-state index in [1.54, 1.807) is 65.6 Å². The van der Waals surface area contributed by atoms with Crippen LogP contribution in [0.5, 0.6) is 23.0 Å². The molecular weight excluding hydrogens is 755 g/mol. The maximum absolute atomic E-state index is 13.8. The molecule has 4 N–H and O–H groups in total. The number of aromatic hydroxyl groups is 2. The number of likely N-dealkylation sites (tertiary alicyclic amines) is 1. The Morgan fingerprint density at radius 1 is 0.915 bits per heavy atom. The van der Waals surface area contributed by atoms with Crippen LogP contribution in [0.2, 0.25) is 0 Å². The fraction of sp³-hybridized carbons (Fsp3) is 0.295. The van der Waals surface area contributed by atoms with E-state index in [9.17, 15) is 34.2 Å². The van der Waals surface area contributed by atoms with Gasteiger partial charge < -0.3 is 30.1 Å². The molecule has 2 atom stereocenters. The quantitative estimate of drug-likeness (QED) is 0.125. The van der Waals surface area contributed by atoms with Gasteiger partial charge in [0.15, 0.2) is 5.82 Å². The Labute approximate surface area is 339 Å². The van der Waals surface area contributed by atoms with Gasteiger partial charge >= 0.3 is 0 Å². The molecule has 2 fully saturated rings. The van der Waals surface area contributed by atoms with Gasteiger partial charge in [-0.1, -0.05) is 26.8 Å². The number of ether oxygens (including phenoxy) is 1. The lowest BCUT2D eigenvalue weighted by Gasteiger charge is -2.29. The van der Waals surface area contributed by atoms with E-state index in [0.717, 1.165) is 5.69 Å². The molecule has 0 radical (unpaired) electrons. The molecule has 302 valence electrons. The Kier molecular flexibility index (Phi) is 10.3. The Bertz CT molecular complexity index is 2500. The van der Waals surface area contributed by atoms with Gasteiger partial charge in [-0.3, -0.25) is 33.9 Å². The summed E-state index contributed by atoms with van der Waals surface area (Å²) in [6.07, 6.45) is 2.06. The number of amides is 5.